The molecule has 0 radical (unpaired) electrons. The molecular formula is C103H144F2N2O4Si2. The van der Waals surface area contributed by atoms with Gasteiger partial charge in [0.15, 0.2) is 0 Å². The summed E-state index contributed by atoms with van der Waals surface area (Å²) in [6.07, 6.45) is 15.9. The monoisotopic (exact) mass is 1570 g/mol. The summed E-state index contributed by atoms with van der Waals surface area (Å²) in [6, 6.07) is 44.6. The van der Waals surface area contributed by atoms with Gasteiger partial charge in [0, 0.05) is 50.2 Å². The fourth-order valence-corrected chi connectivity index (χ4v) is 23.8. The van der Waals surface area contributed by atoms with Gasteiger partial charge >= 0.3 is 0 Å². The SMILES string of the molecule is CCCCCCCC[Si](C)(C)c1cc(F)cc(-c2cc(C(C)(C)CC(C)(C)C)cc(-n3c4cc(C(C)(C)C)ccc4c4ccc(C(C)(C)C)cc43)c2O)c1OCCCOc1c(-c2cc(C(C)(C)CC(C)(C)C)cc(-n3c4cc(C(C)(C)C)ccc4c4ccc(C(C)(C)C)cc43)c2O)cc(F)cc1[Si](C)(C)CCCCCCCC. The van der Waals surface area contributed by atoms with Crippen molar-refractivity contribution in [2.24, 2.45) is 10.8 Å². The lowest BCUT2D eigenvalue weighted by atomic mass is 9.71. The first-order valence-corrected chi connectivity index (χ1v) is 49.7. The maximum atomic E-state index is 17.6. The standard InChI is InChI=1S/C103H144F2N2O4Si2/c1-29-31-33-35-37-39-52-112(25,26)90-64-74(104)62-82(80-54-72(102(21,22)66-96(3,4)5)60-88(92(80)108)106-84-56-68(98(9,10)11)42-46-76(84)77-47-43-69(57-85(77)106)99(12,13)14)94(90)110-50-41-51-111-95-83(63-75(105)65-91(95)113(27,28)53-40-38-36-34-32-30-2)81-55-73(103(23,24)67-97(6,7)8)61-89(93(81)109)107-86-58-70(100(15,16)17)44-48-78(86)79-49-45-71(59-87(79)107)101(18,19)20/h42-49,54-65,108-109H,29-41,50-53,66-67H2,1-28H3. The summed E-state index contributed by atoms with van der Waals surface area (Å²) in [6.45, 7) is 64.4. The van der Waals surface area contributed by atoms with E-state index in [9.17, 15) is 10.2 Å². The minimum absolute atomic E-state index is 0.0606. The average molecular weight is 1570 g/mol. The first-order valence-electron chi connectivity index (χ1n) is 43.3. The summed E-state index contributed by atoms with van der Waals surface area (Å²) < 4.78 is 54.8. The minimum Gasteiger partial charge on any atom is -0.505 e. The summed E-state index contributed by atoms with van der Waals surface area (Å²) in [5.41, 5.74) is 12.6. The number of unbranched alkanes of at least 4 members (excludes halogenated alkanes) is 10. The molecule has 2 aromatic heterocycles. The van der Waals surface area contributed by atoms with Crippen LogP contribution >= 0.6 is 0 Å². The van der Waals surface area contributed by atoms with Crippen molar-refractivity contribution >= 4 is 70.1 Å². The zero-order valence-corrected chi connectivity index (χ0v) is 77.3. The third-order valence-electron chi connectivity index (χ3n) is 24.4. The van der Waals surface area contributed by atoms with Gasteiger partial charge in [-0.05, 0) is 173 Å². The van der Waals surface area contributed by atoms with E-state index in [-0.39, 0.29) is 68.8 Å². The Morgan fingerprint density at radius 1 is 0.327 bits per heavy atom. The molecule has 0 bridgehead atoms. The lowest BCUT2D eigenvalue weighted by Crippen LogP contribution is -2.43. The molecule has 10 heteroatoms. The molecule has 10 aromatic rings. The number of ether oxygens (including phenoxy) is 2. The molecule has 2 N–H and O–H groups in total. The van der Waals surface area contributed by atoms with Crippen LogP contribution < -0.4 is 19.8 Å². The number of hydrogen-bond donors (Lipinski definition) is 2. The summed E-state index contributed by atoms with van der Waals surface area (Å²) in [4.78, 5) is 0. The van der Waals surface area contributed by atoms with Crippen LogP contribution in [0.3, 0.4) is 0 Å². The van der Waals surface area contributed by atoms with Gasteiger partial charge in [-0.1, -0.05) is 330 Å². The molecule has 0 saturated carbocycles. The zero-order chi connectivity index (χ0) is 83.3. The molecule has 0 aliphatic heterocycles. The largest absolute Gasteiger partial charge is 0.505 e. The van der Waals surface area contributed by atoms with Crippen LogP contribution in [0.1, 0.15) is 296 Å². The van der Waals surface area contributed by atoms with Crippen molar-refractivity contribution in [1.29, 1.82) is 0 Å². The molecule has 0 spiro atoms. The predicted molar refractivity (Wildman–Crippen MR) is 491 cm³/mol. The van der Waals surface area contributed by atoms with E-state index in [4.69, 9.17) is 9.47 Å². The van der Waals surface area contributed by atoms with Crippen LogP contribution in [0.15, 0.2) is 121 Å². The van der Waals surface area contributed by atoms with Gasteiger partial charge in [0.25, 0.3) is 0 Å². The van der Waals surface area contributed by atoms with E-state index in [0.717, 1.165) is 129 Å². The van der Waals surface area contributed by atoms with Crippen LogP contribution in [0.25, 0.3) is 77.2 Å². The van der Waals surface area contributed by atoms with Gasteiger partial charge in [-0.2, -0.15) is 0 Å². The van der Waals surface area contributed by atoms with Crippen LogP contribution in [0.5, 0.6) is 23.0 Å². The molecular weight excluding hydrogens is 1420 g/mol. The number of hydrogen-bond acceptors (Lipinski definition) is 4. The second kappa shape index (κ2) is 33.5. The van der Waals surface area contributed by atoms with Crippen molar-refractivity contribution in [3.63, 3.8) is 0 Å². The quantitative estimate of drug-likeness (QED) is 0.0348. The molecule has 113 heavy (non-hydrogen) atoms. The Hall–Kier alpha value is -7.15. The Kier molecular flexibility index (Phi) is 26.1. The lowest BCUT2D eigenvalue weighted by Gasteiger charge is -2.34. The molecule has 2 heterocycles. The molecule has 0 unspecified atom stereocenters. The number of phenolic OH excluding ortho intramolecular Hbond substituents is 2. The predicted octanol–water partition coefficient (Wildman–Crippen LogP) is 29.9. The molecule has 10 rings (SSSR count). The molecule has 0 atom stereocenters. The number of aromatic hydroxyl groups is 2. The van der Waals surface area contributed by atoms with E-state index in [1.807, 2.05) is 0 Å². The summed E-state index contributed by atoms with van der Waals surface area (Å²) in [7, 11) is -5.10. The molecule has 0 saturated heterocycles. The smallest absolute Gasteiger partial charge is 0.147 e. The number of rotatable bonds is 30. The van der Waals surface area contributed by atoms with Crippen molar-refractivity contribution < 1.29 is 28.5 Å². The van der Waals surface area contributed by atoms with E-state index in [0.29, 0.717) is 51.5 Å². The van der Waals surface area contributed by atoms with E-state index in [1.54, 1.807) is 24.3 Å². The summed E-state index contributed by atoms with van der Waals surface area (Å²) in [5.74, 6) is 0.603. The van der Waals surface area contributed by atoms with Crippen LogP contribution in [-0.2, 0) is 32.5 Å². The third-order valence-corrected chi connectivity index (χ3v) is 31.3. The first-order chi connectivity index (χ1) is 52.4. The third kappa shape index (κ3) is 20.1. The van der Waals surface area contributed by atoms with Crippen molar-refractivity contribution in [2.75, 3.05) is 13.2 Å². The number of nitrogens with zero attached hydrogens (tertiary/aromatic N) is 2. The van der Waals surface area contributed by atoms with Crippen molar-refractivity contribution in [3.05, 3.63) is 166 Å². The number of phenols is 2. The number of benzene rings is 8. The summed E-state index contributed by atoms with van der Waals surface area (Å²) >= 11 is 0. The van der Waals surface area contributed by atoms with Crippen LogP contribution in [0, 0.1) is 22.5 Å². The maximum absolute atomic E-state index is 17.6. The highest BCUT2D eigenvalue weighted by Crippen LogP contribution is 2.52. The Bertz CT molecular complexity index is 4600. The van der Waals surface area contributed by atoms with Gasteiger partial charge in [-0.15, -0.1) is 0 Å². The maximum Gasteiger partial charge on any atom is 0.147 e. The molecule has 8 aromatic carbocycles. The molecule has 0 aliphatic carbocycles. The fraction of sp³-hybridized carbons (Fsp3) is 0.534. The topological polar surface area (TPSA) is 68.8 Å². The van der Waals surface area contributed by atoms with Gasteiger partial charge in [0.2, 0.25) is 0 Å². The van der Waals surface area contributed by atoms with Gasteiger partial charge in [0.05, 0.1) is 62.8 Å². The Balaban J connectivity index is 1.18. The number of aromatic nitrogens is 2. The van der Waals surface area contributed by atoms with Gasteiger partial charge in [-0.3, -0.25) is 0 Å². The average Bonchev–Trinajstić information content (AvgIpc) is 1.64. The highest BCUT2D eigenvalue weighted by atomic mass is 28.3. The Morgan fingerprint density at radius 3 is 0.885 bits per heavy atom. The molecule has 0 fully saturated rings. The zero-order valence-electron chi connectivity index (χ0n) is 75.3. The van der Waals surface area contributed by atoms with E-state index in [2.05, 4.69) is 299 Å². The number of fused-ring (bicyclic) bond motifs is 6. The Labute approximate surface area is 683 Å². The molecule has 0 aliphatic rings. The van der Waals surface area contributed by atoms with Gasteiger partial charge in [0.1, 0.15) is 34.6 Å². The van der Waals surface area contributed by atoms with Crippen molar-refractivity contribution in [2.45, 2.75) is 333 Å². The van der Waals surface area contributed by atoms with E-state index in [1.165, 1.54) is 60.8 Å². The molecule has 0 amide bonds. The molecule has 6 nitrogen and oxygen atoms in total. The van der Waals surface area contributed by atoms with E-state index < -0.39 is 27.0 Å². The van der Waals surface area contributed by atoms with Crippen molar-refractivity contribution in [1.82, 2.24) is 9.13 Å². The van der Waals surface area contributed by atoms with Crippen LogP contribution in [-0.4, -0.2) is 48.7 Å². The highest BCUT2D eigenvalue weighted by molar-refractivity contribution is 6.91. The van der Waals surface area contributed by atoms with E-state index >= 15 is 8.78 Å². The van der Waals surface area contributed by atoms with Gasteiger partial charge < -0.3 is 28.8 Å². The number of halogens is 2. The van der Waals surface area contributed by atoms with Crippen molar-refractivity contribution in [3.8, 4) is 56.6 Å². The molecule has 612 valence electrons. The fourth-order valence-electron chi connectivity index (χ4n) is 18.3. The normalized spacial score (nSPS) is 13.4. The minimum atomic E-state index is -2.55. The first kappa shape index (κ1) is 88.2. The summed E-state index contributed by atoms with van der Waals surface area (Å²) in [5, 5.41) is 33.9. The van der Waals surface area contributed by atoms with Crippen LogP contribution in [0.4, 0.5) is 8.78 Å². The second-order valence-electron chi connectivity index (χ2n) is 43.1. The highest BCUT2D eigenvalue weighted by Gasteiger charge is 2.38. The Morgan fingerprint density at radius 2 is 0.611 bits per heavy atom. The lowest BCUT2D eigenvalue weighted by molar-refractivity contribution is 0.250. The second-order valence-corrected chi connectivity index (χ2v) is 52.8. The van der Waals surface area contributed by atoms with Crippen LogP contribution in [0.2, 0.25) is 38.3 Å². The van der Waals surface area contributed by atoms with Gasteiger partial charge in [-0.25, -0.2) is 8.78 Å².